The van der Waals surface area contributed by atoms with Gasteiger partial charge in [-0.1, -0.05) is 6.92 Å². The van der Waals surface area contributed by atoms with Crippen molar-refractivity contribution in [1.29, 1.82) is 0 Å². The van der Waals surface area contributed by atoms with Gasteiger partial charge in [0.15, 0.2) is 0 Å². The van der Waals surface area contributed by atoms with Crippen LogP contribution in [0.15, 0.2) is 16.6 Å². The number of methoxy groups -OCH3 is 1. The number of ether oxygens (including phenoxy) is 1. The first kappa shape index (κ1) is 16.7. The highest BCUT2D eigenvalue weighted by atomic mass is 79.9. The summed E-state index contributed by atoms with van der Waals surface area (Å²) in [6.45, 7) is 6.59. The maximum atomic E-state index is 11.8. The number of halogens is 1. The van der Waals surface area contributed by atoms with E-state index in [0.29, 0.717) is 4.47 Å². The van der Waals surface area contributed by atoms with Crippen LogP contribution in [-0.4, -0.2) is 55.6 Å². The monoisotopic (exact) mass is 371 g/mol. The third kappa shape index (κ3) is 3.38. The smallest absolute Gasteiger partial charge is 0.344 e. The molecule has 1 heterocycles. The van der Waals surface area contributed by atoms with Gasteiger partial charge in [0.25, 0.3) is 5.69 Å². The van der Waals surface area contributed by atoms with Gasteiger partial charge in [0.1, 0.15) is 5.56 Å². The van der Waals surface area contributed by atoms with Gasteiger partial charge in [-0.15, -0.1) is 0 Å². The first-order valence-electron chi connectivity index (χ1n) is 7.01. The minimum absolute atomic E-state index is 0.0244. The van der Waals surface area contributed by atoms with Crippen LogP contribution in [0.25, 0.3) is 0 Å². The average molecular weight is 372 g/mol. The second-order valence-corrected chi connectivity index (χ2v) is 5.85. The molecule has 120 valence electrons. The van der Waals surface area contributed by atoms with Crippen LogP contribution in [0.5, 0.6) is 0 Å². The van der Waals surface area contributed by atoms with Crippen molar-refractivity contribution >= 4 is 33.3 Å². The molecule has 1 aromatic rings. The van der Waals surface area contributed by atoms with Gasteiger partial charge in [0.05, 0.1) is 17.7 Å². The van der Waals surface area contributed by atoms with E-state index in [1.165, 1.54) is 19.2 Å². The van der Waals surface area contributed by atoms with Crippen LogP contribution in [0.3, 0.4) is 0 Å². The lowest BCUT2D eigenvalue weighted by Crippen LogP contribution is -2.46. The molecule has 0 unspecified atom stereocenters. The predicted molar refractivity (Wildman–Crippen MR) is 86.5 cm³/mol. The van der Waals surface area contributed by atoms with Crippen molar-refractivity contribution in [3.8, 4) is 0 Å². The molecule has 0 saturated carbocycles. The zero-order valence-electron chi connectivity index (χ0n) is 12.5. The highest BCUT2D eigenvalue weighted by molar-refractivity contribution is 9.10. The molecular formula is C14H18BrN3O4. The third-order valence-corrected chi connectivity index (χ3v) is 4.46. The van der Waals surface area contributed by atoms with Gasteiger partial charge < -0.3 is 14.5 Å². The van der Waals surface area contributed by atoms with Crippen molar-refractivity contribution in [1.82, 2.24) is 4.90 Å². The fourth-order valence-electron chi connectivity index (χ4n) is 2.52. The molecule has 1 aliphatic heterocycles. The number of nitro groups is 1. The quantitative estimate of drug-likeness (QED) is 0.459. The molecular weight excluding hydrogens is 354 g/mol. The van der Waals surface area contributed by atoms with Crippen LogP contribution < -0.4 is 4.90 Å². The summed E-state index contributed by atoms with van der Waals surface area (Å²) in [7, 11) is 1.22. The summed E-state index contributed by atoms with van der Waals surface area (Å²) in [6.07, 6.45) is 0. The Morgan fingerprint density at radius 2 is 2.00 bits per heavy atom. The van der Waals surface area contributed by atoms with Crippen molar-refractivity contribution in [3.05, 3.63) is 32.3 Å². The van der Waals surface area contributed by atoms with Gasteiger partial charge in [-0.05, 0) is 28.5 Å². The Morgan fingerprint density at radius 3 is 2.50 bits per heavy atom. The molecule has 1 aliphatic rings. The molecule has 1 aromatic carbocycles. The summed E-state index contributed by atoms with van der Waals surface area (Å²) in [5, 5.41) is 11.1. The normalized spacial score (nSPS) is 15.7. The summed E-state index contributed by atoms with van der Waals surface area (Å²) in [6, 6.07) is 2.91. The van der Waals surface area contributed by atoms with Crippen molar-refractivity contribution in [2.45, 2.75) is 6.92 Å². The number of likely N-dealkylation sites (N-methyl/N-ethyl adjacent to an activating group) is 1. The van der Waals surface area contributed by atoms with E-state index in [0.717, 1.165) is 38.4 Å². The maximum Gasteiger partial charge on any atom is 0.344 e. The summed E-state index contributed by atoms with van der Waals surface area (Å²) in [5.74, 6) is -0.701. The van der Waals surface area contributed by atoms with Crippen LogP contribution in [0.4, 0.5) is 11.4 Å². The van der Waals surface area contributed by atoms with Crippen molar-refractivity contribution < 1.29 is 14.5 Å². The Bertz CT molecular complexity index is 586. The number of hydrogen-bond acceptors (Lipinski definition) is 6. The van der Waals surface area contributed by atoms with E-state index in [1.807, 2.05) is 0 Å². The second kappa shape index (κ2) is 7.06. The van der Waals surface area contributed by atoms with E-state index in [2.05, 4.69) is 37.4 Å². The Balaban J connectivity index is 2.36. The number of rotatable bonds is 4. The molecule has 0 N–H and O–H groups in total. The lowest BCUT2D eigenvalue weighted by atomic mass is 10.1. The molecule has 2 rings (SSSR count). The van der Waals surface area contributed by atoms with Crippen LogP contribution in [0.2, 0.25) is 0 Å². The van der Waals surface area contributed by atoms with Crippen molar-refractivity contribution in [3.63, 3.8) is 0 Å². The van der Waals surface area contributed by atoms with Gasteiger partial charge in [-0.25, -0.2) is 4.79 Å². The Labute approximate surface area is 137 Å². The molecule has 0 spiro atoms. The number of nitro benzene ring substituents is 1. The Hall–Kier alpha value is -1.67. The predicted octanol–water partition coefficient (Wildman–Crippen LogP) is 2.29. The van der Waals surface area contributed by atoms with Crippen molar-refractivity contribution in [2.24, 2.45) is 0 Å². The zero-order valence-corrected chi connectivity index (χ0v) is 14.1. The van der Waals surface area contributed by atoms with Crippen LogP contribution in [0.1, 0.15) is 17.3 Å². The molecule has 0 aliphatic carbocycles. The first-order valence-corrected chi connectivity index (χ1v) is 7.80. The number of carbonyl (C=O) groups is 1. The molecule has 1 fully saturated rings. The molecule has 1 saturated heterocycles. The lowest BCUT2D eigenvalue weighted by Gasteiger charge is -2.36. The molecule has 0 bridgehead atoms. The van der Waals surface area contributed by atoms with Gasteiger partial charge >= 0.3 is 5.97 Å². The van der Waals surface area contributed by atoms with Crippen molar-refractivity contribution in [2.75, 3.05) is 44.7 Å². The summed E-state index contributed by atoms with van der Waals surface area (Å²) in [5.41, 5.74) is 0.500. The maximum absolute atomic E-state index is 11.8. The SMILES string of the molecule is CCN1CCN(c2cc(C(=O)OC)c([N+](=O)[O-])cc2Br)CC1. The van der Waals surface area contributed by atoms with E-state index in [4.69, 9.17) is 0 Å². The summed E-state index contributed by atoms with van der Waals surface area (Å²) >= 11 is 3.38. The summed E-state index contributed by atoms with van der Waals surface area (Å²) < 4.78 is 5.27. The van der Waals surface area contributed by atoms with Crippen LogP contribution >= 0.6 is 15.9 Å². The standard InChI is InChI=1S/C14H18BrN3O4/c1-3-16-4-6-17(7-5-16)13-8-10(14(19)22-2)12(18(20)21)9-11(13)15/h8-9H,3-7H2,1-2H3. The van der Waals surface area contributed by atoms with Gasteiger partial charge in [0.2, 0.25) is 0 Å². The molecule has 0 amide bonds. The van der Waals surface area contributed by atoms with Crippen LogP contribution in [-0.2, 0) is 4.74 Å². The van der Waals surface area contributed by atoms with E-state index in [-0.39, 0.29) is 11.3 Å². The molecule has 7 nitrogen and oxygen atoms in total. The molecule has 0 radical (unpaired) electrons. The van der Waals surface area contributed by atoms with E-state index in [1.54, 1.807) is 0 Å². The average Bonchev–Trinajstić information content (AvgIpc) is 2.54. The lowest BCUT2D eigenvalue weighted by molar-refractivity contribution is -0.385. The topological polar surface area (TPSA) is 75.9 Å². The van der Waals surface area contributed by atoms with Gasteiger partial charge in [0, 0.05) is 36.7 Å². The first-order chi connectivity index (χ1) is 10.5. The number of esters is 1. The second-order valence-electron chi connectivity index (χ2n) is 4.99. The number of piperazine rings is 1. The summed E-state index contributed by atoms with van der Waals surface area (Å²) in [4.78, 5) is 26.8. The van der Waals surface area contributed by atoms with E-state index >= 15 is 0 Å². The van der Waals surface area contributed by atoms with Crippen LogP contribution in [0, 0.1) is 10.1 Å². The van der Waals surface area contributed by atoms with Gasteiger partial charge in [-0.2, -0.15) is 0 Å². The fourth-order valence-corrected chi connectivity index (χ4v) is 3.11. The van der Waals surface area contributed by atoms with E-state index < -0.39 is 10.9 Å². The number of hydrogen-bond donors (Lipinski definition) is 0. The number of nitrogens with zero attached hydrogens (tertiary/aromatic N) is 3. The van der Waals surface area contributed by atoms with E-state index in [9.17, 15) is 14.9 Å². The fraction of sp³-hybridized carbons (Fsp3) is 0.500. The molecule has 0 aromatic heterocycles. The zero-order chi connectivity index (χ0) is 16.3. The molecule has 22 heavy (non-hydrogen) atoms. The third-order valence-electron chi connectivity index (χ3n) is 3.83. The minimum atomic E-state index is -0.701. The van der Waals surface area contributed by atoms with Gasteiger partial charge in [-0.3, -0.25) is 10.1 Å². The Kier molecular flexibility index (Phi) is 5.36. The highest BCUT2D eigenvalue weighted by Gasteiger charge is 2.26. The molecule has 8 heteroatoms. The Morgan fingerprint density at radius 1 is 1.36 bits per heavy atom. The largest absolute Gasteiger partial charge is 0.465 e. The number of benzene rings is 1. The minimum Gasteiger partial charge on any atom is -0.465 e. The molecule has 0 atom stereocenters. The number of carbonyl (C=O) groups excluding carboxylic acids is 1. The number of anilines is 1. The highest BCUT2D eigenvalue weighted by Crippen LogP contribution is 2.34.